The second-order valence-corrected chi connectivity index (χ2v) is 19.8. The van der Waals surface area contributed by atoms with Crippen molar-refractivity contribution in [3.8, 4) is 0 Å². The van der Waals surface area contributed by atoms with E-state index in [0.29, 0.717) is 5.56 Å². The van der Waals surface area contributed by atoms with Crippen LogP contribution in [0, 0.1) is 17.8 Å². The summed E-state index contributed by atoms with van der Waals surface area (Å²) in [6.07, 6.45) is -5.32. The number of carboxylic acid groups (broad SMARTS) is 2. The molecular weight excluding hydrogens is 999 g/mol. The van der Waals surface area contributed by atoms with Gasteiger partial charge < -0.3 is 79.7 Å². The number of carbonyl (C=O) groups is 12. The highest BCUT2D eigenvalue weighted by Crippen LogP contribution is 2.12. The molecule has 0 radical (unpaired) electrons. The van der Waals surface area contributed by atoms with Crippen molar-refractivity contribution in [1.82, 2.24) is 47.9 Å². The first-order valence-corrected chi connectivity index (χ1v) is 24.9. The van der Waals surface area contributed by atoms with E-state index in [9.17, 15) is 78.0 Å². The molecule has 0 spiro atoms. The maximum absolute atomic E-state index is 13.9. The van der Waals surface area contributed by atoms with Gasteiger partial charge in [0.2, 0.25) is 59.1 Å². The van der Waals surface area contributed by atoms with E-state index in [2.05, 4.69) is 47.9 Å². The molecule has 1 rings (SSSR count). The highest BCUT2D eigenvalue weighted by Gasteiger charge is 2.37. The Kier molecular flexibility index (Phi) is 28.9. The zero-order chi connectivity index (χ0) is 58.1. The Morgan fingerprint density at radius 1 is 0.500 bits per heavy atom. The summed E-state index contributed by atoms with van der Waals surface area (Å²) >= 11 is 0. The predicted molar refractivity (Wildman–Crippen MR) is 272 cm³/mol. The van der Waals surface area contributed by atoms with Crippen molar-refractivity contribution in [1.29, 1.82) is 0 Å². The van der Waals surface area contributed by atoms with Gasteiger partial charge in [0.25, 0.3) is 0 Å². The van der Waals surface area contributed by atoms with Crippen LogP contribution in [-0.4, -0.2) is 165 Å². The molecule has 1 aromatic rings. The molecule has 0 aliphatic carbocycles. The summed E-state index contributed by atoms with van der Waals surface area (Å²) in [4.78, 5) is 156. The largest absolute Gasteiger partial charge is 0.481 e. The van der Waals surface area contributed by atoms with Crippen molar-refractivity contribution in [3.63, 3.8) is 0 Å². The van der Waals surface area contributed by atoms with Gasteiger partial charge in [0.15, 0.2) is 0 Å². The van der Waals surface area contributed by atoms with Crippen LogP contribution in [-0.2, 0) is 64.0 Å². The van der Waals surface area contributed by atoms with Crippen LogP contribution in [0.15, 0.2) is 30.3 Å². The molecule has 17 N–H and O–H groups in total. The van der Waals surface area contributed by atoms with E-state index in [4.69, 9.17) is 11.5 Å². The fourth-order valence-corrected chi connectivity index (χ4v) is 7.17. The zero-order valence-corrected chi connectivity index (χ0v) is 44.5. The lowest BCUT2D eigenvalue weighted by Crippen LogP contribution is -2.62. The molecule has 0 unspecified atom stereocenters. The second-order valence-electron chi connectivity index (χ2n) is 19.8. The van der Waals surface area contributed by atoms with E-state index in [-0.39, 0.29) is 49.9 Å². The smallest absolute Gasteiger partial charge is 0.326 e. The second kappa shape index (κ2) is 32.9. The topological polar surface area (TPSA) is 446 Å². The Morgan fingerprint density at radius 3 is 1.41 bits per heavy atom. The molecule has 0 aromatic heterocycles. The normalized spacial score (nSPS) is 15.6. The minimum absolute atomic E-state index is 0.00133. The summed E-state index contributed by atoms with van der Waals surface area (Å²) in [6.45, 7) is 13.1. The number of carbonyl (C=O) groups excluding carboxylic acids is 10. The number of rotatable bonds is 34. The molecule has 426 valence electrons. The number of amides is 10. The quantitative estimate of drug-likeness (QED) is 0.0316. The van der Waals surface area contributed by atoms with E-state index in [1.807, 2.05) is 0 Å². The number of benzene rings is 1. The number of aliphatic hydroxyl groups excluding tert-OH is 2. The lowest BCUT2D eigenvalue weighted by molar-refractivity contribution is -0.142. The van der Waals surface area contributed by atoms with Crippen molar-refractivity contribution >= 4 is 71.0 Å². The maximum Gasteiger partial charge on any atom is 0.326 e. The third-order valence-corrected chi connectivity index (χ3v) is 11.5. The molecule has 11 atom stereocenters. The van der Waals surface area contributed by atoms with Crippen molar-refractivity contribution in [2.45, 2.75) is 174 Å². The number of aliphatic carboxylic acids is 2. The lowest BCUT2D eigenvalue weighted by atomic mass is 10.00. The third kappa shape index (κ3) is 24.8. The van der Waals surface area contributed by atoms with Gasteiger partial charge in [0, 0.05) is 19.3 Å². The van der Waals surface area contributed by atoms with Crippen LogP contribution >= 0.6 is 0 Å². The van der Waals surface area contributed by atoms with Crippen LogP contribution in [0.3, 0.4) is 0 Å². The monoisotopic (exact) mass is 1080 g/mol. The Hall–Kier alpha value is -7.26. The molecule has 0 aliphatic heterocycles. The number of hydrogen-bond acceptors (Lipinski definition) is 15. The van der Waals surface area contributed by atoms with Crippen LogP contribution in [0.5, 0.6) is 0 Å². The van der Waals surface area contributed by atoms with E-state index in [0.717, 1.165) is 13.8 Å². The summed E-state index contributed by atoms with van der Waals surface area (Å²) in [6, 6.07) is -4.93. The Labute approximate surface area is 441 Å². The summed E-state index contributed by atoms with van der Waals surface area (Å²) in [5.41, 5.74) is 11.5. The third-order valence-electron chi connectivity index (χ3n) is 11.5. The molecule has 0 bridgehead atoms. The average Bonchev–Trinajstić information content (AvgIpc) is 3.32. The first kappa shape index (κ1) is 66.8. The highest BCUT2D eigenvalue weighted by molar-refractivity contribution is 5.98. The van der Waals surface area contributed by atoms with Crippen LogP contribution in [0.2, 0.25) is 0 Å². The van der Waals surface area contributed by atoms with Gasteiger partial charge >= 0.3 is 11.9 Å². The molecule has 27 heteroatoms. The van der Waals surface area contributed by atoms with E-state index >= 15 is 0 Å². The van der Waals surface area contributed by atoms with Crippen LogP contribution in [0.25, 0.3) is 0 Å². The van der Waals surface area contributed by atoms with Crippen LogP contribution < -0.4 is 59.3 Å². The predicted octanol–water partition coefficient (Wildman–Crippen LogP) is -3.70. The first-order valence-electron chi connectivity index (χ1n) is 24.9. The molecular formula is C49H79N11O16. The van der Waals surface area contributed by atoms with Crippen molar-refractivity contribution in [2.24, 2.45) is 29.2 Å². The van der Waals surface area contributed by atoms with Gasteiger partial charge in [0.1, 0.15) is 48.3 Å². The zero-order valence-electron chi connectivity index (χ0n) is 44.5. The van der Waals surface area contributed by atoms with Crippen molar-refractivity contribution in [3.05, 3.63) is 35.9 Å². The van der Waals surface area contributed by atoms with E-state index < -0.39 is 157 Å². The van der Waals surface area contributed by atoms with Crippen molar-refractivity contribution in [2.75, 3.05) is 6.54 Å². The summed E-state index contributed by atoms with van der Waals surface area (Å²) in [5, 5.41) is 61.6. The number of carboxylic acids is 2. The van der Waals surface area contributed by atoms with E-state index in [1.165, 1.54) is 6.92 Å². The average molecular weight is 1080 g/mol. The highest BCUT2D eigenvalue weighted by atomic mass is 16.4. The molecule has 1 aromatic carbocycles. The maximum atomic E-state index is 13.9. The van der Waals surface area contributed by atoms with Crippen LogP contribution in [0.1, 0.15) is 106 Å². The fraction of sp³-hybridized carbons (Fsp3) is 0.633. The van der Waals surface area contributed by atoms with Gasteiger partial charge in [-0.3, -0.25) is 52.7 Å². The van der Waals surface area contributed by atoms with Gasteiger partial charge in [-0.2, -0.15) is 0 Å². The number of aliphatic hydroxyl groups is 2. The molecule has 0 heterocycles. The van der Waals surface area contributed by atoms with E-state index in [1.54, 1.807) is 71.9 Å². The SMILES string of the molecule is CC(C)C[C@H](NC(=O)[C@H](C)NC(=O)[C@H](CCC(=O)O)NC(=O)[C@H](CC(C)C)NC(=O)[C@@H](NC(=O)[C@@H](NC(=O)CNC(=O)[C@@H](N)C(C)C)[C@@H](C)O)[C@@H](C)O)C(=O)N[C@@H](Cc1ccccc1)C(=O)N[C@@H](CCC(N)=O)C(=O)O. The number of primary amides is 1. The number of nitrogens with one attached hydrogen (secondary N) is 9. The molecule has 27 nitrogen and oxygen atoms in total. The molecule has 76 heavy (non-hydrogen) atoms. The number of hydrogen-bond donors (Lipinski definition) is 15. The fourth-order valence-electron chi connectivity index (χ4n) is 7.17. The molecule has 0 fully saturated rings. The lowest BCUT2D eigenvalue weighted by Gasteiger charge is -2.29. The Morgan fingerprint density at radius 2 is 0.934 bits per heavy atom. The first-order chi connectivity index (χ1) is 35.3. The molecule has 0 aliphatic rings. The standard InChI is InChI=1S/C49H79N11O16/c1-23(2)19-32(44(70)57-34(21-29-13-11-10-12-14-29)45(71)55-31(49(75)76)15-17-35(50)63)56-41(67)26(7)53-42(68)30(16-18-37(65)66)54-43(69)33(20-24(3)4)58-47(73)40(28(9)62)60-48(74)39(27(8)61)59-36(64)22-52-46(72)38(51)25(5)6/h10-14,23-28,30-34,38-40,61-62H,15-22,51H2,1-9H3,(H2,50,63)(H,52,72)(H,53,68)(H,54,69)(H,55,71)(H,56,67)(H,57,70)(H,58,73)(H,59,64)(H,60,74)(H,65,66)(H,75,76)/t26-,27+,28+,30-,31-,32-,33-,34-,38-,39-,40-/m0/s1. The summed E-state index contributed by atoms with van der Waals surface area (Å²) < 4.78 is 0. The molecule has 0 saturated heterocycles. The molecule has 0 saturated carbocycles. The summed E-state index contributed by atoms with van der Waals surface area (Å²) in [5.74, 6) is -13.0. The Bertz CT molecular complexity index is 2180. The van der Waals surface area contributed by atoms with Gasteiger partial charge in [-0.05, 0) is 69.8 Å². The summed E-state index contributed by atoms with van der Waals surface area (Å²) in [7, 11) is 0. The van der Waals surface area contributed by atoms with Gasteiger partial charge in [-0.1, -0.05) is 71.9 Å². The van der Waals surface area contributed by atoms with Gasteiger partial charge in [-0.15, -0.1) is 0 Å². The minimum atomic E-state index is -1.81. The van der Waals surface area contributed by atoms with Gasteiger partial charge in [-0.25, -0.2) is 4.79 Å². The van der Waals surface area contributed by atoms with Crippen LogP contribution in [0.4, 0.5) is 0 Å². The minimum Gasteiger partial charge on any atom is -0.481 e. The van der Waals surface area contributed by atoms with Crippen molar-refractivity contribution < 1.29 is 78.0 Å². The Balaban J connectivity index is 3.33. The molecule has 10 amide bonds. The van der Waals surface area contributed by atoms with Gasteiger partial charge in [0.05, 0.1) is 24.8 Å². The number of nitrogens with two attached hydrogens (primary N) is 2.